The number of aryl methyl sites for hydroxylation is 1. The molecule has 1 fully saturated rings. The molecule has 0 atom stereocenters. The minimum absolute atomic E-state index is 0.168. The van der Waals surface area contributed by atoms with Crippen LogP contribution in [-0.2, 0) is 5.92 Å². The second kappa shape index (κ2) is 3.31. The number of hydrogen-bond acceptors (Lipinski definition) is 1. The van der Waals surface area contributed by atoms with Gasteiger partial charge in [0.25, 0.3) is 5.92 Å². The smallest absolute Gasteiger partial charge is 0.295 e. The zero-order valence-corrected chi connectivity index (χ0v) is 9.98. The van der Waals surface area contributed by atoms with Crippen LogP contribution in [0.4, 0.5) is 14.5 Å². The van der Waals surface area contributed by atoms with Crippen molar-refractivity contribution in [1.29, 1.82) is 0 Å². The van der Waals surface area contributed by atoms with Crippen LogP contribution in [0.15, 0.2) is 18.3 Å². The topological polar surface area (TPSA) is 12.0 Å². The number of rotatable bonds is 1. The highest BCUT2D eigenvalue weighted by Crippen LogP contribution is 2.48. The molecule has 0 aromatic heterocycles. The van der Waals surface area contributed by atoms with E-state index in [4.69, 9.17) is 0 Å². The average molecular weight is 235 g/mol. The fraction of sp³-hybridized carbons (Fsp3) is 0.429. The van der Waals surface area contributed by atoms with Gasteiger partial charge < -0.3 is 5.32 Å². The van der Waals surface area contributed by atoms with Crippen LogP contribution >= 0.6 is 0 Å². The van der Waals surface area contributed by atoms with Crippen molar-refractivity contribution in [2.45, 2.75) is 38.5 Å². The van der Waals surface area contributed by atoms with E-state index < -0.39 is 5.92 Å². The maximum atomic E-state index is 14.0. The molecule has 1 aliphatic heterocycles. The van der Waals surface area contributed by atoms with Gasteiger partial charge in [-0.15, -0.1) is 0 Å². The molecule has 1 saturated carbocycles. The Labute approximate surface area is 99.5 Å². The average Bonchev–Trinajstić information content (AvgIpc) is 3.05. The van der Waals surface area contributed by atoms with Gasteiger partial charge in [-0.1, -0.05) is 6.07 Å². The second-order valence-corrected chi connectivity index (χ2v) is 5.03. The normalized spacial score (nSPS) is 20.9. The number of hydrogen-bond donors (Lipinski definition) is 1. The number of alkyl halides is 2. The third-order valence-corrected chi connectivity index (χ3v) is 3.70. The zero-order valence-electron chi connectivity index (χ0n) is 9.98. The molecule has 0 unspecified atom stereocenters. The summed E-state index contributed by atoms with van der Waals surface area (Å²) in [6, 6.07) is 2.06. The van der Waals surface area contributed by atoms with E-state index in [0.29, 0.717) is 11.6 Å². The first-order valence-corrected chi connectivity index (χ1v) is 5.97. The minimum atomic E-state index is -2.85. The second-order valence-electron chi connectivity index (χ2n) is 5.03. The Balaban J connectivity index is 2.26. The highest BCUT2D eigenvalue weighted by molar-refractivity contribution is 5.68. The van der Waals surface area contributed by atoms with Crippen LogP contribution in [0.5, 0.6) is 0 Å². The first-order chi connectivity index (χ1) is 8.00. The van der Waals surface area contributed by atoms with Gasteiger partial charge >= 0.3 is 0 Å². The van der Waals surface area contributed by atoms with Gasteiger partial charge in [0.05, 0.1) is 11.3 Å². The zero-order chi connectivity index (χ0) is 12.2. The molecule has 1 aliphatic carbocycles. The number of fused-ring (bicyclic) bond motifs is 1. The van der Waals surface area contributed by atoms with E-state index in [1.807, 2.05) is 13.8 Å². The van der Waals surface area contributed by atoms with Crippen LogP contribution in [0, 0.1) is 13.8 Å². The van der Waals surface area contributed by atoms with Gasteiger partial charge in [0, 0.05) is 12.3 Å². The van der Waals surface area contributed by atoms with Crippen molar-refractivity contribution in [3.63, 3.8) is 0 Å². The fourth-order valence-electron chi connectivity index (χ4n) is 2.68. The molecule has 0 saturated heterocycles. The highest BCUT2D eigenvalue weighted by Gasteiger charge is 2.38. The van der Waals surface area contributed by atoms with Crippen LogP contribution < -0.4 is 5.32 Å². The lowest BCUT2D eigenvalue weighted by Gasteiger charge is -2.26. The third-order valence-electron chi connectivity index (χ3n) is 3.70. The molecule has 1 aromatic rings. The first kappa shape index (κ1) is 10.8. The van der Waals surface area contributed by atoms with Crippen LogP contribution in [0.1, 0.15) is 41.0 Å². The number of nitrogens with one attached hydrogen (secondary N) is 1. The number of allylic oxidation sites excluding steroid dienone is 1. The molecule has 3 heteroatoms. The van der Waals surface area contributed by atoms with E-state index in [9.17, 15) is 8.78 Å². The van der Waals surface area contributed by atoms with E-state index in [2.05, 4.69) is 11.4 Å². The summed E-state index contributed by atoms with van der Waals surface area (Å²) in [6.07, 6.45) is 4.55. The van der Waals surface area contributed by atoms with Crippen molar-refractivity contribution >= 4 is 5.69 Å². The molecule has 0 spiro atoms. The summed E-state index contributed by atoms with van der Waals surface area (Å²) in [5.74, 6) is -2.35. The third kappa shape index (κ3) is 1.56. The van der Waals surface area contributed by atoms with Gasteiger partial charge in [0.2, 0.25) is 0 Å². The molecular formula is C14H15F2N. The molecular weight excluding hydrogens is 220 g/mol. The molecule has 1 heterocycles. The largest absolute Gasteiger partial charge is 0.361 e. The van der Waals surface area contributed by atoms with Crippen LogP contribution in [0.3, 0.4) is 0 Å². The number of halogens is 2. The van der Waals surface area contributed by atoms with Crippen LogP contribution in [0.2, 0.25) is 0 Å². The minimum Gasteiger partial charge on any atom is -0.361 e. The summed E-state index contributed by atoms with van der Waals surface area (Å²) in [6.45, 7) is 3.72. The quantitative estimate of drug-likeness (QED) is 0.768. The van der Waals surface area contributed by atoms with Gasteiger partial charge in [0.15, 0.2) is 0 Å². The maximum absolute atomic E-state index is 14.0. The van der Waals surface area contributed by atoms with Gasteiger partial charge in [-0.3, -0.25) is 0 Å². The lowest BCUT2D eigenvalue weighted by Crippen LogP contribution is -2.20. The SMILES string of the molecule is Cc1cc(C2CC2)c(C)c2c1NC=CC2(F)F. The Morgan fingerprint density at radius 2 is 2.00 bits per heavy atom. The van der Waals surface area contributed by atoms with Crippen molar-refractivity contribution < 1.29 is 8.78 Å². The van der Waals surface area contributed by atoms with Crippen molar-refractivity contribution in [2.75, 3.05) is 5.32 Å². The summed E-state index contributed by atoms with van der Waals surface area (Å²) < 4.78 is 28.0. The summed E-state index contributed by atoms with van der Waals surface area (Å²) in [7, 11) is 0. The number of benzene rings is 1. The molecule has 1 aromatic carbocycles. The predicted octanol–water partition coefficient (Wildman–Crippen LogP) is 4.21. The monoisotopic (exact) mass is 235 g/mol. The molecule has 90 valence electrons. The first-order valence-electron chi connectivity index (χ1n) is 5.97. The Bertz CT molecular complexity index is 513. The molecule has 0 radical (unpaired) electrons. The van der Waals surface area contributed by atoms with E-state index in [-0.39, 0.29) is 5.56 Å². The fourth-order valence-corrected chi connectivity index (χ4v) is 2.68. The summed E-state index contributed by atoms with van der Waals surface area (Å²) in [5.41, 5.74) is 3.53. The lowest BCUT2D eigenvalue weighted by molar-refractivity contribution is 0.0508. The summed E-state index contributed by atoms with van der Waals surface area (Å²) in [5, 5.41) is 2.95. The summed E-state index contributed by atoms with van der Waals surface area (Å²) in [4.78, 5) is 0. The van der Waals surface area contributed by atoms with Gasteiger partial charge in [-0.05, 0) is 49.3 Å². The van der Waals surface area contributed by atoms with E-state index in [1.165, 1.54) is 6.20 Å². The van der Waals surface area contributed by atoms with Gasteiger partial charge in [0.1, 0.15) is 0 Å². The van der Waals surface area contributed by atoms with Crippen molar-refractivity contribution in [1.82, 2.24) is 0 Å². The molecule has 17 heavy (non-hydrogen) atoms. The van der Waals surface area contributed by atoms with Crippen LogP contribution in [-0.4, -0.2) is 0 Å². The van der Waals surface area contributed by atoms with Gasteiger partial charge in [-0.2, -0.15) is 8.78 Å². The lowest BCUT2D eigenvalue weighted by atomic mass is 9.89. The highest BCUT2D eigenvalue weighted by atomic mass is 19.3. The molecule has 0 amide bonds. The molecule has 1 nitrogen and oxygen atoms in total. The van der Waals surface area contributed by atoms with Crippen molar-refractivity contribution in [3.05, 3.63) is 40.6 Å². The molecule has 0 bridgehead atoms. The molecule has 1 N–H and O–H groups in total. The number of anilines is 1. The Kier molecular flexibility index (Phi) is 2.09. The summed E-state index contributed by atoms with van der Waals surface area (Å²) >= 11 is 0. The van der Waals surface area contributed by atoms with Crippen LogP contribution in [0.25, 0.3) is 0 Å². The maximum Gasteiger partial charge on any atom is 0.295 e. The standard InChI is InChI=1S/C14H15F2N/c1-8-7-11(10-3-4-10)9(2)12-13(8)17-6-5-14(12,15)16/h5-7,10,17H,3-4H2,1-2H3. The van der Waals surface area contributed by atoms with E-state index >= 15 is 0 Å². The van der Waals surface area contributed by atoms with E-state index in [1.54, 1.807) is 0 Å². The Morgan fingerprint density at radius 3 is 2.65 bits per heavy atom. The van der Waals surface area contributed by atoms with Crippen molar-refractivity contribution in [3.8, 4) is 0 Å². The Morgan fingerprint density at radius 1 is 1.29 bits per heavy atom. The molecule has 3 rings (SSSR count). The van der Waals surface area contributed by atoms with Crippen molar-refractivity contribution in [2.24, 2.45) is 0 Å². The van der Waals surface area contributed by atoms with Gasteiger partial charge in [-0.25, -0.2) is 0 Å². The molecule has 2 aliphatic rings. The Hall–Kier alpha value is -1.38. The predicted molar refractivity (Wildman–Crippen MR) is 64.5 cm³/mol. The van der Waals surface area contributed by atoms with E-state index in [0.717, 1.165) is 35.6 Å².